The molecule has 0 saturated heterocycles. The maximum atomic E-state index is 6.17. The van der Waals surface area contributed by atoms with E-state index in [2.05, 4.69) is 26.0 Å². The lowest BCUT2D eigenvalue weighted by Gasteiger charge is -2.15. The largest absolute Gasteiger partial charge is 0.482 e. The molecule has 0 saturated carbocycles. The van der Waals surface area contributed by atoms with Crippen LogP contribution >= 0.6 is 27.5 Å². The molecule has 0 N–H and O–H groups in total. The van der Waals surface area contributed by atoms with Crippen LogP contribution in [0.4, 0.5) is 0 Å². The summed E-state index contributed by atoms with van der Waals surface area (Å²) in [7, 11) is 0. The number of nitrogens with zero attached hydrogens (tertiary/aromatic N) is 3. The molecule has 0 radical (unpaired) electrons. The molecule has 1 atom stereocenters. The van der Waals surface area contributed by atoms with Crippen molar-refractivity contribution in [2.45, 2.75) is 13.0 Å². The Kier molecular flexibility index (Phi) is 3.63. The number of ether oxygens (including phenoxy) is 1. The first-order chi connectivity index (χ1) is 9.65. The van der Waals surface area contributed by atoms with Gasteiger partial charge in [0.05, 0.1) is 16.9 Å². The van der Waals surface area contributed by atoms with Crippen molar-refractivity contribution in [2.75, 3.05) is 0 Å². The summed E-state index contributed by atoms with van der Waals surface area (Å²) in [6, 6.07) is 7.62. The van der Waals surface area contributed by atoms with Gasteiger partial charge >= 0.3 is 0 Å². The van der Waals surface area contributed by atoms with E-state index < -0.39 is 0 Å². The molecular weight excluding hydrogens is 342 g/mol. The van der Waals surface area contributed by atoms with Crippen LogP contribution in [0.5, 0.6) is 5.75 Å². The lowest BCUT2D eigenvalue weighted by molar-refractivity contribution is 0.224. The molecule has 20 heavy (non-hydrogen) atoms. The minimum Gasteiger partial charge on any atom is -0.482 e. The van der Waals surface area contributed by atoms with E-state index in [0.717, 1.165) is 15.7 Å². The lowest BCUT2D eigenvalue weighted by atomic mass is 10.2. The predicted octanol–water partition coefficient (Wildman–Crippen LogP) is 4.29. The molecule has 0 aliphatic rings. The first kappa shape index (κ1) is 13.4. The zero-order valence-corrected chi connectivity index (χ0v) is 13.0. The number of hydrogen-bond donors (Lipinski definition) is 0. The van der Waals surface area contributed by atoms with Crippen LogP contribution in [-0.2, 0) is 0 Å². The van der Waals surface area contributed by atoms with Gasteiger partial charge in [-0.2, -0.15) is 5.10 Å². The summed E-state index contributed by atoms with van der Waals surface area (Å²) in [5.41, 5.74) is 1.61. The smallest absolute Gasteiger partial charge is 0.148 e. The van der Waals surface area contributed by atoms with Crippen LogP contribution in [0.2, 0.25) is 5.02 Å². The summed E-state index contributed by atoms with van der Waals surface area (Å²) in [5.74, 6) is 0.667. The molecule has 0 aliphatic heterocycles. The van der Waals surface area contributed by atoms with Gasteiger partial charge in [0.2, 0.25) is 0 Å². The van der Waals surface area contributed by atoms with Crippen LogP contribution in [0.1, 0.15) is 18.7 Å². The van der Waals surface area contributed by atoms with Crippen LogP contribution in [0.25, 0.3) is 5.52 Å². The van der Waals surface area contributed by atoms with Gasteiger partial charge in [0.15, 0.2) is 0 Å². The first-order valence-corrected chi connectivity index (χ1v) is 7.22. The molecule has 3 rings (SSSR count). The third kappa shape index (κ3) is 2.51. The molecule has 3 heterocycles. The Morgan fingerprint density at radius 3 is 3.00 bits per heavy atom. The van der Waals surface area contributed by atoms with E-state index in [1.807, 2.05) is 37.4 Å². The van der Waals surface area contributed by atoms with Crippen LogP contribution < -0.4 is 4.74 Å². The Morgan fingerprint density at radius 2 is 2.25 bits per heavy atom. The standard InChI is InChI=1S/C14H11BrClN3O/c1-9(12-4-2-3-5-17-12)20-13-6-10(15)8-19-14(13)11(16)7-18-19/h2-9H,1H3/t9-/m1/s1. The quantitative estimate of drug-likeness (QED) is 0.706. The molecule has 0 spiro atoms. The molecule has 0 unspecified atom stereocenters. The monoisotopic (exact) mass is 351 g/mol. The topological polar surface area (TPSA) is 39.4 Å². The summed E-state index contributed by atoms with van der Waals surface area (Å²) in [6.45, 7) is 1.95. The Morgan fingerprint density at radius 1 is 1.40 bits per heavy atom. The van der Waals surface area contributed by atoms with Crippen LogP contribution in [0, 0.1) is 0 Å². The minimum absolute atomic E-state index is 0.180. The molecule has 6 heteroatoms. The second kappa shape index (κ2) is 5.42. The molecule has 0 amide bonds. The number of pyridine rings is 2. The molecule has 0 bridgehead atoms. The summed E-state index contributed by atoms with van der Waals surface area (Å²) in [4.78, 5) is 4.30. The first-order valence-electron chi connectivity index (χ1n) is 6.05. The normalized spacial score (nSPS) is 12.6. The van der Waals surface area contributed by atoms with E-state index in [1.54, 1.807) is 16.9 Å². The van der Waals surface area contributed by atoms with E-state index >= 15 is 0 Å². The van der Waals surface area contributed by atoms with Gasteiger partial charge in [0.1, 0.15) is 17.4 Å². The van der Waals surface area contributed by atoms with Crippen molar-refractivity contribution >= 4 is 33.0 Å². The van der Waals surface area contributed by atoms with Gasteiger partial charge in [-0.05, 0) is 41.1 Å². The zero-order chi connectivity index (χ0) is 14.1. The average Bonchev–Trinajstić information content (AvgIpc) is 2.81. The highest BCUT2D eigenvalue weighted by Gasteiger charge is 2.14. The molecular formula is C14H11BrClN3O. The Hall–Kier alpha value is -1.59. The highest BCUT2D eigenvalue weighted by Crippen LogP contribution is 2.32. The van der Waals surface area contributed by atoms with Gasteiger partial charge < -0.3 is 4.74 Å². The minimum atomic E-state index is -0.180. The van der Waals surface area contributed by atoms with Crippen molar-refractivity contribution in [1.82, 2.24) is 14.6 Å². The summed E-state index contributed by atoms with van der Waals surface area (Å²) in [6.07, 6.45) is 5.00. The maximum absolute atomic E-state index is 6.17. The molecule has 3 aromatic heterocycles. The molecule has 0 aliphatic carbocycles. The molecule has 4 nitrogen and oxygen atoms in total. The fourth-order valence-corrected chi connectivity index (χ4v) is 2.60. The van der Waals surface area contributed by atoms with Crippen molar-refractivity contribution in [3.05, 3.63) is 58.0 Å². The van der Waals surface area contributed by atoms with E-state index in [4.69, 9.17) is 16.3 Å². The third-order valence-corrected chi connectivity index (χ3v) is 3.62. The van der Waals surface area contributed by atoms with Gasteiger partial charge in [-0.3, -0.25) is 4.98 Å². The average molecular weight is 353 g/mol. The predicted molar refractivity (Wildman–Crippen MR) is 81.2 cm³/mol. The van der Waals surface area contributed by atoms with E-state index in [-0.39, 0.29) is 6.10 Å². The van der Waals surface area contributed by atoms with Crippen molar-refractivity contribution < 1.29 is 4.74 Å². The molecule has 0 aromatic carbocycles. The highest BCUT2D eigenvalue weighted by atomic mass is 79.9. The van der Waals surface area contributed by atoms with Crippen LogP contribution in [0.15, 0.2) is 47.3 Å². The van der Waals surface area contributed by atoms with E-state index in [9.17, 15) is 0 Å². The second-order valence-electron chi connectivity index (χ2n) is 4.32. The number of hydrogen-bond acceptors (Lipinski definition) is 3. The third-order valence-electron chi connectivity index (χ3n) is 2.91. The van der Waals surface area contributed by atoms with Crippen molar-refractivity contribution in [3.8, 4) is 5.75 Å². The number of halogens is 2. The fraction of sp³-hybridized carbons (Fsp3) is 0.143. The van der Waals surface area contributed by atoms with Gasteiger partial charge in [-0.1, -0.05) is 17.7 Å². The summed E-state index contributed by atoms with van der Waals surface area (Å²) < 4.78 is 8.55. The fourth-order valence-electron chi connectivity index (χ4n) is 1.97. The van der Waals surface area contributed by atoms with Crippen LogP contribution in [0.3, 0.4) is 0 Å². The Labute approximate surface area is 129 Å². The van der Waals surface area contributed by atoms with Crippen molar-refractivity contribution in [3.63, 3.8) is 0 Å². The van der Waals surface area contributed by atoms with E-state index in [1.165, 1.54) is 0 Å². The van der Waals surface area contributed by atoms with E-state index in [0.29, 0.717) is 10.8 Å². The summed E-state index contributed by atoms with van der Waals surface area (Å²) in [5, 5.41) is 4.74. The SMILES string of the molecule is C[C@@H](Oc1cc(Br)cn2ncc(Cl)c12)c1ccccn1. The van der Waals surface area contributed by atoms with Gasteiger partial charge in [-0.15, -0.1) is 0 Å². The Bertz CT molecular complexity index is 745. The van der Waals surface area contributed by atoms with Crippen molar-refractivity contribution in [1.29, 1.82) is 0 Å². The van der Waals surface area contributed by atoms with Gasteiger partial charge in [0.25, 0.3) is 0 Å². The number of aromatic nitrogens is 3. The number of fused-ring (bicyclic) bond motifs is 1. The highest BCUT2D eigenvalue weighted by molar-refractivity contribution is 9.10. The molecule has 3 aromatic rings. The number of rotatable bonds is 3. The Balaban J connectivity index is 2.00. The lowest BCUT2D eigenvalue weighted by Crippen LogP contribution is -2.06. The van der Waals surface area contributed by atoms with Gasteiger partial charge in [-0.25, -0.2) is 4.52 Å². The second-order valence-corrected chi connectivity index (χ2v) is 5.65. The molecule has 0 fully saturated rings. The molecule has 102 valence electrons. The zero-order valence-electron chi connectivity index (χ0n) is 10.6. The maximum Gasteiger partial charge on any atom is 0.148 e. The van der Waals surface area contributed by atoms with Gasteiger partial charge in [0, 0.05) is 16.9 Å². The van der Waals surface area contributed by atoms with Crippen molar-refractivity contribution in [2.24, 2.45) is 0 Å². The van der Waals surface area contributed by atoms with Crippen LogP contribution in [-0.4, -0.2) is 14.6 Å². The summed E-state index contributed by atoms with van der Waals surface area (Å²) >= 11 is 9.60.